The molecule has 1 aliphatic heterocycles. The van der Waals surface area contributed by atoms with Crippen molar-refractivity contribution in [2.45, 2.75) is 19.8 Å². The summed E-state index contributed by atoms with van der Waals surface area (Å²) in [6, 6.07) is 17.6. The van der Waals surface area contributed by atoms with E-state index >= 15 is 0 Å². The first-order chi connectivity index (χ1) is 8.84. The fraction of sp³-hybridized carbons (Fsp3) is 0.294. The Morgan fingerprint density at radius 2 is 1.67 bits per heavy atom. The van der Waals surface area contributed by atoms with E-state index in [4.69, 9.17) is 0 Å². The molecule has 18 heavy (non-hydrogen) atoms. The summed E-state index contributed by atoms with van der Waals surface area (Å²) >= 11 is 0. The first-order valence-corrected chi connectivity index (χ1v) is 6.75. The summed E-state index contributed by atoms with van der Waals surface area (Å²) < 4.78 is 0. The molecule has 1 nitrogen and oxygen atoms in total. The summed E-state index contributed by atoms with van der Waals surface area (Å²) in [5.41, 5.74) is 5.41. The number of nitrogens with zero attached hydrogens (tertiary/aromatic N) is 1. The van der Waals surface area contributed by atoms with Crippen LogP contribution in [0.2, 0.25) is 0 Å². The molecule has 0 aromatic heterocycles. The van der Waals surface area contributed by atoms with E-state index in [2.05, 4.69) is 60.4 Å². The fourth-order valence-corrected chi connectivity index (χ4v) is 2.76. The lowest BCUT2D eigenvalue weighted by Crippen LogP contribution is -2.18. The van der Waals surface area contributed by atoms with Crippen molar-refractivity contribution in [3.63, 3.8) is 0 Å². The Hall–Kier alpha value is -1.76. The summed E-state index contributed by atoms with van der Waals surface area (Å²) in [7, 11) is 0. The van der Waals surface area contributed by atoms with Crippen LogP contribution in [0.15, 0.2) is 48.5 Å². The lowest BCUT2D eigenvalue weighted by Gasteiger charge is -2.21. The molecule has 1 heterocycles. The number of para-hydroxylation sites is 1. The van der Waals surface area contributed by atoms with Gasteiger partial charge in [-0.1, -0.05) is 48.0 Å². The van der Waals surface area contributed by atoms with E-state index in [1.54, 1.807) is 0 Å². The highest BCUT2D eigenvalue weighted by molar-refractivity contribution is 5.79. The molecule has 0 atom stereocenters. The maximum Gasteiger partial charge on any atom is 0.0445 e. The molecule has 2 aromatic rings. The van der Waals surface area contributed by atoms with Crippen LogP contribution in [0.4, 0.5) is 5.69 Å². The van der Waals surface area contributed by atoms with E-state index in [-0.39, 0.29) is 0 Å². The molecule has 0 aliphatic carbocycles. The number of benzene rings is 2. The summed E-state index contributed by atoms with van der Waals surface area (Å²) in [6.07, 6.45) is 2.64. The number of anilines is 1. The zero-order chi connectivity index (χ0) is 12.4. The van der Waals surface area contributed by atoms with Crippen molar-refractivity contribution in [1.29, 1.82) is 0 Å². The highest BCUT2D eigenvalue weighted by Gasteiger charge is 2.15. The van der Waals surface area contributed by atoms with Gasteiger partial charge in [0.1, 0.15) is 0 Å². The van der Waals surface area contributed by atoms with Crippen molar-refractivity contribution < 1.29 is 0 Å². The first kappa shape index (κ1) is 11.3. The van der Waals surface area contributed by atoms with Gasteiger partial charge in [-0.3, -0.25) is 0 Å². The van der Waals surface area contributed by atoms with E-state index in [1.165, 1.54) is 48.3 Å². The second-order valence-electron chi connectivity index (χ2n) is 5.08. The molecule has 1 saturated heterocycles. The predicted molar refractivity (Wildman–Crippen MR) is 78.1 cm³/mol. The Morgan fingerprint density at radius 3 is 2.44 bits per heavy atom. The van der Waals surface area contributed by atoms with Gasteiger partial charge in [0.25, 0.3) is 0 Å². The summed E-state index contributed by atoms with van der Waals surface area (Å²) in [5.74, 6) is 0. The van der Waals surface area contributed by atoms with Gasteiger partial charge in [0.2, 0.25) is 0 Å². The fourth-order valence-electron chi connectivity index (χ4n) is 2.76. The monoisotopic (exact) mass is 237 g/mol. The van der Waals surface area contributed by atoms with Crippen LogP contribution < -0.4 is 4.90 Å². The molecular weight excluding hydrogens is 218 g/mol. The summed E-state index contributed by atoms with van der Waals surface area (Å²) in [6.45, 7) is 4.55. The second kappa shape index (κ2) is 4.85. The van der Waals surface area contributed by atoms with Gasteiger partial charge in [0.05, 0.1) is 0 Å². The third-order valence-electron chi connectivity index (χ3n) is 3.68. The number of hydrogen-bond donors (Lipinski definition) is 0. The van der Waals surface area contributed by atoms with E-state index in [0.717, 1.165) is 0 Å². The molecule has 1 fully saturated rings. The van der Waals surface area contributed by atoms with Crippen molar-refractivity contribution >= 4 is 5.69 Å². The Balaban J connectivity index is 2.06. The van der Waals surface area contributed by atoms with Gasteiger partial charge in [-0.05, 0) is 31.4 Å². The minimum atomic E-state index is 1.20. The molecule has 1 aliphatic rings. The molecule has 0 spiro atoms. The Kier molecular flexibility index (Phi) is 3.06. The minimum Gasteiger partial charge on any atom is -0.371 e. The Bertz CT molecular complexity index is 539. The van der Waals surface area contributed by atoms with E-state index in [0.29, 0.717) is 0 Å². The van der Waals surface area contributed by atoms with E-state index < -0.39 is 0 Å². The quantitative estimate of drug-likeness (QED) is 0.754. The minimum absolute atomic E-state index is 1.20. The zero-order valence-electron chi connectivity index (χ0n) is 10.9. The molecule has 0 N–H and O–H groups in total. The van der Waals surface area contributed by atoms with Crippen molar-refractivity contribution in [2.24, 2.45) is 0 Å². The topological polar surface area (TPSA) is 3.24 Å². The van der Waals surface area contributed by atoms with E-state index in [9.17, 15) is 0 Å². The third kappa shape index (κ3) is 2.13. The zero-order valence-corrected chi connectivity index (χ0v) is 10.9. The van der Waals surface area contributed by atoms with Gasteiger partial charge in [-0.15, -0.1) is 0 Å². The van der Waals surface area contributed by atoms with Crippen LogP contribution >= 0.6 is 0 Å². The van der Waals surface area contributed by atoms with Gasteiger partial charge in [-0.2, -0.15) is 0 Å². The normalized spacial score (nSPS) is 15.1. The average Bonchev–Trinajstić information content (AvgIpc) is 2.92. The van der Waals surface area contributed by atoms with Gasteiger partial charge in [0.15, 0.2) is 0 Å². The summed E-state index contributed by atoms with van der Waals surface area (Å²) in [4.78, 5) is 2.51. The van der Waals surface area contributed by atoms with Crippen LogP contribution in [0.3, 0.4) is 0 Å². The van der Waals surface area contributed by atoms with Crippen LogP contribution in [-0.4, -0.2) is 13.1 Å². The average molecular weight is 237 g/mol. The molecule has 0 saturated carbocycles. The third-order valence-corrected chi connectivity index (χ3v) is 3.68. The molecule has 1 heteroatoms. The van der Waals surface area contributed by atoms with Gasteiger partial charge < -0.3 is 4.90 Å². The standard InChI is InChI=1S/C17H19N/c1-14-7-6-8-15(13-14)16-9-2-3-10-17(16)18-11-4-5-12-18/h2-3,6-10,13H,4-5,11-12H2,1H3. The van der Waals surface area contributed by atoms with Crippen molar-refractivity contribution in [2.75, 3.05) is 18.0 Å². The number of aryl methyl sites for hydroxylation is 1. The molecule has 0 amide bonds. The van der Waals surface area contributed by atoms with Crippen LogP contribution in [-0.2, 0) is 0 Å². The molecular formula is C17H19N. The van der Waals surface area contributed by atoms with Gasteiger partial charge in [0, 0.05) is 24.3 Å². The highest BCUT2D eigenvalue weighted by atomic mass is 15.1. The maximum absolute atomic E-state index is 2.51. The molecule has 2 aromatic carbocycles. The lowest BCUT2D eigenvalue weighted by atomic mass is 10.0. The lowest BCUT2D eigenvalue weighted by molar-refractivity contribution is 0.949. The van der Waals surface area contributed by atoms with Crippen molar-refractivity contribution in [3.8, 4) is 11.1 Å². The molecule has 0 bridgehead atoms. The van der Waals surface area contributed by atoms with Gasteiger partial charge >= 0.3 is 0 Å². The summed E-state index contributed by atoms with van der Waals surface area (Å²) in [5, 5.41) is 0. The Labute approximate surface area is 109 Å². The molecule has 3 rings (SSSR count). The number of hydrogen-bond acceptors (Lipinski definition) is 1. The Morgan fingerprint density at radius 1 is 0.889 bits per heavy atom. The van der Waals surface area contributed by atoms with E-state index in [1.807, 2.05) is 0 Å². The molecule has 92 valence electrons. The van der Waals surface area contributed by atoms with Crippen LogP contribution in [0.1, 0.15) is 18.4 Å². The molecule has 0 radical (unpaired) electrons. The van der Waals surface area contributed by atoms with Crippen LogP contribution in [0.5, 0.6) is 0 Å². The second-order valence-corrected chi connectivity index (χ2v) is 5.08. The largest absolute Gasteiger partial charge is 0.371 e. The number of rotatable bonds is 2. The highest BCUT2D eigenvalue weighted by Crippen LogP contribution is 2.32. The molecule has 0 unspecified atom stereocenters. The smallest absolute Gasteiger partial charge is 0.0445 e. The van der Waals surface area contributed by atoms with Crippen LogP contribution in [0, 0.1) is 6.92 Å². The van der Waals surface area contributed by atoms with Crippen molar-refractivity contribution in [1.82, 2.24) is 0 Å². The maximum atomic E-state index is 2.51. The first-order valence-electron chi connectivity index (χ1n) is 6.75. The van der Waals surface area contributed by atoms with Crippen molar-refractivity contribution in [3.05, 3.63) is 54.1 Å². The van der Waals surface area contributed by atoms with Gasteiger partial charge in [-0.25, -0.2) is 0 Å². The van der Waals surface area contributed by atoms with Crippen LogP contribution in [0.25, 0.3) is 11.1 Å². The predicted octanol–water partition coefficient (Wildman–Crippen LogP) is 4.26. The SMILES string of the molecule is Cc1cccc(-c2ccccc2N2CCCC2)c1.